The Morgan fingerprint density at radius 1 is 1.43 bits per heavy atom. The summed E-state index contributed by atoms with van der Waals surface area (Å²) in [5.74, 6) is 0.507. The van der Waals surface area contributed by atoms with Gasteiger partial charge >= 0.3 is 0 Å². The van der Waals surface area contributed by atoms with Gasteiger partial charge in [-0.25, -0.2) is 0 Å². The number of aliphatic hydroxyl groups excluding tert-OH is 1. The summed E-state index contributed by atoms with van der Waals surface area (Å²) in [4.78, 5) is 14.6. The highest BCUT2D eigenvalue weighted by Gasteiger charge is 2.20. The van der Waals surface area contributed by atoms with Crippen LogP contribution < -0.4 is 10.1 Å². The largest absolute Gasteiger partial charge is 0.496 e. The minimum Gasteiger partial charge on any atom is -0.496 e. The third-order valence-electron chi connectivity index (χ3n) is 4.47. The van der Waals surface area contributed by atoms with Gasteiger partial charge in [-0.2, -0.15) is 0 Å². The lowest BCUT2D eigenvalue weighted by atomic mass is 10.0. The molecule has 2 rings (SSSR count). The second-order valence-electron chi connectivity index (χ2n) is 6.18. The summed E-state index contributed by atoms with van der Waals surface area (Å²) in [7, 11) is 1.58. The fourth-order valence-corrected chi connectivity index (χ4v) is 3.14. The van der Waals surface area contributed by atoms with Crippen molar-refractivity contribution in [2.75, 3.05) is 33.4 Å². The number of nitrogens with zero attached hydrogens (tertiary/aromatic N) is 1. The van der Waals surface area contributed by atoms with Crippen molar-refractivity contribution < 1.29 is 14.6 Å². The molecule has 0 unspecified atom stereocenters. The quantitative estimate of drug-likeness (QED) is 0.754. The summed E-state index contributed by atoms with van der Waals surface area (Å²) in [6, 6.07) is 5.89. The van der Waals surface area contributed by atoms with Gasteiger partial charge in [0.2, 0.25) is 0 Å². The number of rotatable bonds is 7. The van der Waals surface area contributed by atoms with Crippen LogP contribution in [0.25, 0.3) is 0 Å². The van der Waals surface area contributed by atoms with E-state index >= 15 is 0 Å². The molecule has 1 aromatic carbocycles. The fourth-order valence-electron chi connectivity index (χ4n) is 3.14. The number of methoxy groups -OCH3 is 1. The van der Waals surface area contributed by atoms with Crippen molar-refractivity contribution in [2.24, 2.45) is 0 Å². The number of amides is 1. The highest BCUT2D eigenvalue weighted by atomic mass is 16.5. The van der Waals surface area contributed by atoms with E-state index in [1.165, 1.54) is 12.8 Å². The number of aryl methyl sites for hydroxylation is 1. The van der Waals surface area contributed by atoms with Crippen molar-refractivity contribution in [1.82, 2.24) is 10.2 Å². The summed E-state index contributed by atoms with van der Waals surface area (Å²) in [5, 5.41) is 12.4. The topological polar surface area (TPSA) is 61.8 Å². The first kappa shape index (κ1) is 17.8. The Morgan fingerprint density at radius 3 is 3.00 bits per heavy atom. The predicted molar refractivity (Wildman–Crippen MR) is 91.0 cm³/mol. The van der Waals surface area contributed by atoms with E-state index in [0.717, 1.165) is 31.5 Å². The van der Waals surface area contributed by atoms with Crippen LogP contribution in [0.15, 0.2) is 18.2 Å². The van der Waals surface area contributed by atoms with Crippen molar-refractivity contribution in [3.05, 3.63) is 29.3 Å². The Balaban J connectivity index is 1.80. The fraction of sp³-hybridized carbons (Fsp3) is 0.611. The Morgan fingerprint density at radius 2 is 2.26 bits per heavy atom. The summed E-state index contributed by atoms with van der Waals surface area (Å²) in [5.41, 5.74) is 1.62. The molecule has 5 nitrogen and oxygen atoms in total. The first-order valence-electron chi connectivity index (χ1n) is 8.43. The molecule has 0 aromatic heterocycles. The van der Waals surface area contributed by atoms with E-state index < -0.39 is 0 Å². The number of hydrogen-bond donors (Lipinski definition) is 2. The maximum Gasteiger partial charge on any atom is 0.255 e. The van der Waals surface area contributed by atoms with E-state index in [-0.39, 0.29) is 18.6 Å². The molecule has 0 aliphatic carbocycles. The van der Waals surface area contributed by atoms with Crippen LogP contribution in [0.3, 0.4) is 0 Å². The predicted octanol–water partition coefficient (Wildman–Crippen LogP) is 1.97. The van der Waals surface area contributed by atoms with Crippen LogP contribution in [-0.4, -0.2) is 55.3 Å². The molecule has 5 heteroatoms. The van der Waals surface area contributed by atoms with Gasteiger partial charge in [-0.3, -0.25) is 9.69 Å². The molecule has 128 valence electrons. The van der Waals surface area contributed by atoms with Gasteiger partial charge in [-0.15, -0.1) is 0 Å². The molecule has 1 amide bonds. The second kappa shape index (κ2) is 8.89. The average Bonchev–Trinajstić information content (AvgIpc) is 2.58. The molecule has 0 spiro atoms. The summed E-state index contributed by atoms with van der Waals surface area (Å²) >= 11 is 0. The maximum absolute atomic E-state index is 12.3. The van der Waals surface area contributed by atoms with Gasteiger partial charge in [0.25, 0.3) is 5.91 Å². The summed E-state index contributed by atoms with van der Waals surface area (Å²) in [6.07, 6.45) is 4.36. The number of benzene rings is 1. The maximum atomic E-state index is 12.3. The van der Waals surface area contributed by atoms with E-state index in [0.29, 0.717) is 17.9 Å². The second-order valence-corrected chi connectivity index (χ2v) is 6.18. The molecular formula is C18H28N2O3. The SMILES string of the molecule is COc1ccc(C)cc1C(=O)NCCCN1CCCC[C@H]1CO. The highest BCUT2D eigenvalue weighted by molar-refractivity contribution is 5.97. The Kier molecular flexibility index (Phi) is 6.86. The van der Waals surface area contributed by atoms with Crippen LogP contribution >= 0.6 is 0 Å². The normalized spacial score (nSPS) is 18.7. The summed E-state index contributed by atoms with van der Waals surface area (Å²) < 4.78 is 5.25. The Hall–Kier alpha value is -1.59. The van der Waals surface area contributed by atoms with Crippen molar-refractivity contribution in [2.45, 2.75) is 38.6 Å². The number of carbonyl (C=O) groups is 1. The van der Waals surface area contributed by atoms with E-state index in [4.69, 9.17) is 4.74 Å². The molecule has 1 atom stereocenters. The van der Waals surface area contributed by atoms with Gasteiger partial charge in [-0.1, -0.05) is 18.1 Å². The van der Waals surface area contributed by atoms with Crippen LogP contribution in [-0.2, 0) is 0 Å². The lowest BCUT2D eigenvalue weighted by molar-refractivity contribution is 0.0867. The third kappa shape index (κ3) is 4.94. The molecule has 0 bridgehead atoms. The van der Waals surface area contributed by atoms with Crippen LogP contribution in [0.2, 0.25) is 0 Å². The van der Waals surface area contributed by atoms with Gasteiger partial charge in [0, 0.05) is 19.1 Å². The first-order valence-corrected chi connectivity index (χ1v) is 8.43. The highest BCUT2D eigenvalue weighted by Crippen LogP contribution is 2.19. The van der Waals surface area contributed by atoms with Crippen LogP contribution in [0, 0.1) is 6.92 Å². The molecule has 1 heterocycles. The van der Waals surface area contributed by atoms with Gasteiger partial charge in [0.1, 0.15) is 5.75 Å². The van der Waals surface area contributed by atoms with E-state index in [2.05, 4.69) is 10.2 Å². The number of ether oxygens (including phenoxy) is 1. The zero-order chi connectivity index (χ0) is 16.7. The molecule has 1 fully saturated rings. The van der Waals surface area contributed by atoms with Gasteiger partial charge in [0.05, 0.1) is 19.3 Å². The van der Waals surface area contributed by atoms with Crippen LogP contribution in [0.4, 0.5) is 0 Å². The van der Waals surface area contributed by atoms with E-state index in [1.807, 2.05) is 25.1 Å². The minimum absolute atomic E-state index is 0.0945. The summed E-state index contributed by atoms with van der Waals surface area (Å²) in [6.45, 7) is 4.78. The lowest BCUT2D eigenvalue weighted by Crippen LogP contribution is -2.43. The van der Waals surface area contributed by atoms with Crippen LogP contribution in [0.1, 0.15) is 41.6 Å². The molecule has 1 aliphatic heterocycles. The Bertz CT molecular complexity index is 519. The first-order chi connectivity index (χ1) is 11.2. The lowest BCUT2D eigenvalue weighted by Gasteiger charge is -2.34. The molecule has 0 radical (unpaired) electrons. The Labute approximate surface area is 138 Å². The monoisotopic (exact) mass is 320 g/mol. The molecule has 1 aromatic rings. The molecule has 0 saturated carbocycles. The number of likely N-dealkylation sites (tertiary alicyclic amines) is 1. The molecular weight excluding hydrogens is 292 g/mol. The van der Waals surface area contributed by atoms with Gasteiger partial charge in [0.15, 0.2) is 0 Å². The zero-order valence-corrected chi connectivity index (χ0v) is 14.2. The number of piperidine rings is 1. The van der Waals surface area contributed by atoms with Crippen molar-refractivity contribution in [3.8, 4) is 5.75 Å². The minimum atomic E-state index is -0.0945. The zero-order valence-electron chi connectivity index (χ0n) is 14.2. The smallest absolute Gasteiger partial charge is 0.255 e. The number of hydrogen-bond acceptors (Lipinski definition) is 4. The number of aliphatic hydroxyl groups is 1. The van der Waals surface area contributed by atoms with Gasteiger partial charge in [-0.05, 0) is 44.9 Å². The van der Waals surface area contributed by atoms with Gasteiger partial charge < -0.3 is 15.2 Å². The van der Waals surface area contributed by atoms with Crippen molar-refractivity contribution in [1.29, 1.82) is 0 Å². The van der Waals surface area contributed by atoms with Crippen LogP contribution in [0.5, 0.6) is 5.75 Å². The molecule has 2 N–H and O–H groups in total. The van der Waals surface area contributed by atoms with E-state index in [9.17, 15) is 9.90 Å². The number of nitrogens with one attached hydrogen (secondary N) is 1. The van der Waals surface area contributed by atoms with Crippen molar-refractivity contribution in [3.63, 3.8) is 0 Å². The number of carbonyl (C=O) groups excluding carboxylic acids is 1. The van der Waals surface area contributed by atoms with Crippen molar-refractivity contribution >= 4 is 5.91 Å². The molecule has 1 aliphatic rings. The molecule has 1 saturated heterocycles. The standard InChI is InChI=1S/C18H28N2O3/c1-14-7-8-17(23-2)16(12-14)18(22)19-9-5-11-20-10-4-3-6-15(20)13-21/h7-8,12,15,21H,3-6,9-11,13H2,1-2H3,(H,19,22)/t15-/m0/s1. The van der Waals surface area contributed by atoms with E-state index in [1.54, 1.807) is 7.11 Å². The average molecular weight is 320 g/mol. The third-order valence-corrected chi connectivity index (χ3v) is 4.47. The molecule has 23 heavy (non-hydrogen) atoms.